The van der Waals surface area contributed by atoms with Crippen molar-refractivity contribution in [2.75, 3.05) is 20.1 Å². The largest absolute Gasteiger partial charge is 0.369 e. The van der Waals surface area contributed by atoms with Crippen molar-refractivity contribution in [2.24, 2.45) is 5.73 Å². The Bertz CT molecular complexity index is 316. The van der Waals surface area contributed by atoms with Crippen molar-refractivity contribution in [3.63, 3.8) is 0 Å². The molecule has 1 fully saturated rings. The standard InChI is InChI=1S/C10H17N3O3/c1-3-4-13(6-8(11)14)7-5-9(15)12(2)10(7)16/h7H,3-6H2,1-2H3,(H2,11,14)/t7-/m1/s1. The zero-order chi connectivity index (χ0) is 12.3. The van der Waals surface area contributed by atoms with Crippen LogP contribution in [0.2, 0.25) is 0 Å². The van der Waals surface area contributed by atoms with E-state index in [2.05, 4.69) is 0 Å². The maximum absolute atomic E-state index is 11.7. The molecule has 0 bridgehead atoms. The normalized spacial score (nSPS) is 20.9. The van der Waals surface area contributed by atoms with Gasteiger partial charge in [0.25, 0.3) is 0 Å². The molecular weight excluding hydrogens is 210 g/mol. The molecule has 0 unspecified atom stereocenters. The number of rotatable bonds is 5. The van der Waals surface area contributed by atoms with E-state index < -0.39 is 11.9 Å². The fourth-order valence-corrected chi connectivity index (χ4v) is 1.85. The molecule has 0 aromatic rings. The van der Waals surface area contributed by atoms with Crippen LogP contribution >= 0.6 is 0 Å². The molecule has 1 aliphatic rings. The van der Waals surface area contributed by atoms with Crippen LogP contribution < -0.4 is 5.73 Å². The Balaban J connectivity index is 2.75. The highest BCUT2D eigenvalue weighted by molar-refractivity contribution is 6.05. The minimum atomic E-state index is -0.523. The molecule has 0 radical (unpaired) electrons. The first-order chi connectivity index (χ1) is 7.47. The van der Waals surface area contributed by atoms with Crippen molar-refractivity contribution in [1.82, 2.24) is 9.80 Å². The molecule has 90 valence electrons. The van der Waals surface area contributed by atoms with E-state index in [4.69, 9.17) is 5.73 Å². The summed E-state index contributed by atoms with van der Waals surface area (Å²) in [5.41, 5.74) is 5.12. The summed E-state index contributed by atoms with van der Waals surface area (Å²) in [6, 6.07) is -0.523. The number of likely N-dealkylation sites (tertiary alicyclic amines) is 1. The lowest BCUT2D eigenvalue weighted by Crippen LogP contribution is -2.45. The van der Waals surface area contributed by atoms with Gasteiger partial charge in [-0.1, -0.05) is 6.92 Å². The highest BCUT2D eigenvalue weighted by Crippen LogP contribution is 2.17. The Morgan fingerprint density at radius 1 is 1.56 bits per heavy atom. The summed E-state index contributed by atoms with van der Waals surface area (Å²) in [7, 11) is 1.46. The van der Waals surface area contributed by atoms with E-state index >= 15 is 0 Å². The molecule has 0 spiro atoms. The van der Waals surface area contributed by atoms with E-state index in [0.717, 1.165) is 11.3 Å². The average molecular weight is 227 g/mol. The first-order valence-electron chi connectivity index (χ1n) is 5.30. The lowest BCUT2D eigenvalue weighted by Gasteiger charge is -2.24. The summed E-state index contributed by atoms with van der Waals surface area (Å²) < 4.78 is 0. The van der Waals surface area contributed by atoms with Crippen molar-refractivity contribution in [2.45, 2.75) is 25.8 Å². The van der Waals surface area contributed by atoms with Gasteiger partial charge in [-0.3, -0.25) is 24.2 Å². The molecule has 1 rings (SSSR count). The summed E-state index contributed by atoms with van der Waals surface area (Å²) >= 11 is 0. The van der Waals surface area contributed by atoms with Crippen LogP contribution in [0, 0.1) is 0 Å². The van der Waals surface area contributed by atoms with Gasteiger partial charge in [0.15, 0.2) is 0 Å². The summed E-state index contributed by atoms with van der Waals surface area (Å²) in [6.07, 6.45) is 0.942. The van der Waals surface area contributed by atoms with Crippen LogP contribution in [-0.2, 0) is 14.4 Å². The van der Waals surface area contributed by atoms with Crippen LogP contribution in [0.3, 0.4) is 0 Å². The van der Waals surface area contributed by atoms with Gasteiger partial charge < -0.3 is 5.73 Å². The summed E-state index contributed by atoms with van der Waals surface area (Å²) in [5, 5.41) is 0. The highest BCUT2D eigenvalue weighted by atomic mass is 16.2. The Kier molecular flexibility index (Phi) is 4.00. The zero-order valence-electron chi connectivity index (χ0n) is 9.60. The topological polar surface area (TPSA) is 83.7 Å². The van der Waals surface area contributed by atoms with Gasteiger partial charge >= 0.3 is 0 Å². The number of amides is 3. The molecule has 2 N–H and O–H groups in total. The van der Waals surface area contributed by atoms with Gasteiger partial charge in [-0.2, -0.15) is 0 Å². The van der Waals surface area contributed by atoms with Crippen LogP contribution in [0.25, 0.3) is 0 Å². The second-order valence-electron chi connectivity index (χ2n) is 3.95. The van der Waals surface area contributed by atoms with Gasteiger partial charge in [-0.15, -0.1) is 0 Å². The predicted molar refractivity (Wildman–Crippen MR) is 57.2 cm³/mol. The molecule has 6 heteroatoms. The zero-order valence-corrected chi connectivity index (χ0v) is 9.60. The second-order valence-corrected chi connectivity index (χ2v) is 3.95. The first kappa shape index (κ1) is 12.6. The Morgan fingerprint density at radius 3 is 2.56 bits per heavy atom. The molecule has 1 atom stereocenters. The number of hydrogen-bond donors (Lipinski definition) is 1. The fourth-order valence-electron chi connectivity index (χ4n) is 1.85. The van der Waals surface area contributed by atoms with E-state index in [1.807, 2.05) is 6.92 Å². The van der Waals surface area contributed by atoms with Crippen molar-refractivity contribution in [3.05, 3.63) is 0 Å². The molecule has 0 aromatic heterocycles. The van der Waals surface area contributed by atoms with Crippen molar-refractivity contribution < 1.29 is 14.4 Å². The highest BCUT2D eigenvalue weighted by Gasteiger charge is 2.39. The van der Waals surface area contributed by atoms with E-state index in [1.165, 1.54) is 7.05 Å². The van der Waals surface area contributed by atoms with Crippen LogP contribution in [0.15, 0.2) is 0 Å². The number of primary amides is 1. The van der Waals surface area contributed by atoms with E-state index in [0.29, 0.717) is 6.54 Å². The average Bonchev–Trinajstić information content (AvgIpc) is 2.45. The summed E-state index contributed by atoms with van der Waals surface area (Å²) in [6.45, 7) is 2.55. The molecule has 1 aliphatic heterocycles. The number of hydrogen-bond acceptors (Lipinski definition) is 4. The summed E-state index contributed by atoms with van der Waals surface area (Å²) in [4.78, 5) is 36.7. The number of nitrogens with zero attached hydrogens (tertiary/aromatic N) is 2. The molecule has 16 heavy (non-hydrogen) atoms. The molecule has 6 nitrogen and oxygen atoms in total. The molecule has 3 amide bonds. The number of nitrogens with two attached hydrogens (primary N) is 1. The van der Waals surface area contributed by atoms with Crippen molar-refractivity contribution in [1.29, 1.82) is 0 Å². The smallest absolute Gasteiger partial charge is 0.246 e. The molecule has 1 saturated heterocycles. The van der Waals surface area contributed by atoms with Gasteiger partial charge in [-0.25, -0.2) is 0 Å². The minimum absolute atomic E-state index is 0.0192. The number of imide groups is 1. The maximum Gasteiger partial charge on any atom is 0.246 e. The van der Waals surface area contributed by atoms with E-state index in [1.54, 1.807) is 4.90 Å². The third-order valence-electron chi connectivity index (χ3n) is 2.67. The van der Waals surface area contributed by atoms with Gasteiger partial charge in [0.1, 0.15) is 0 Å². The third kappa shape index (κ3) is 2.57. The van der Waals surface area contributed by atoms with Crippen LogP contribution in [0.1, 0.15) is 19.8 Å². The fraction of sp³-hybridized carbons (Fsp3) is 0.700. The van der Waals surface area contributed by atoms with E-state index in [9.17, 15) is 14.4 Å². The van der Waals surface area contributed by atoms with Crippen LogP contribution in [0.5, 0.6) is 0 Å². The monoisotopic (exact) mass is 227 g/mol. The number of likely N-dealkylation sites (N-methyl/N-ethyl adjacent to an activating group) is 1. The Morgan fingerprint density at radius 2 is 2.19 bits per heavy atom. The van der Waals surface area contributed by atoms with Crippen molar-refractivity contribution in [3.8, 4) is 0 Å². The van der Waals surface area contributed by atoms with Crippen LogP contribution in [0.4, 0.5) is 0 Å². The quantitative estimate of drug-likeness (QED) is 0.607. The molecule has 1 heterocycles. The van der Waals surface area contributed by atoms with Gasteiger partial charge in [0.05, 0.1) is 19.0 Å². The number of carbonyl (C=O) groups is 3. The Labute approximate surface area is 94.4 Å². The van der Waals surface area contributed by atoms with E-state index in [-0.39, 0.29) is 24.8 Å². The van der Waals surface area contributed by atoms with Gasteiger partial charge in [-0.05, 0) is 13.0 Å². The van der Waals surface area contributed by atoms with Gasteiger partial charge in [0.2, 0.25) is 17.7 Å². The van der Waals surface area contributed by atoms with Crippen molar-refractivity contribution >= 4 is 17.7 Å². The first-order valence-corrected chi connectivity index (χ1v) is 5.30. The maximum atomic E-state index is 11.7. The summed E-state index contributed by atoms with van der Waals surface area (Å²) in [5.74, 6) is -0.941. The SMILES string of the molecule is CCCN(CC(N)=O)[C@@H]1CC(=O)N(C)C1=O. The third-order valence-corrected chi connectivity index (χ3v) is 2.67. The predicted octanol–water partition coefficient (Wildman–Crippen LogP) is -1.06. The molecule has 0 aliphatic carbocycles. The minimum Gasteiger partial charge on any atom is -0.369 e. The second kappa shape index (κ2) is 5.07. The lowest BCUT2D eigenvalue weighted by atomic mass is 10.2. The molecule has 0 aromatic carbocycles. The molecular formula is C10H17N3O3. The Hall–Kier alpha value is -1.43. The molecule has 0 saturated carbocycles. The number of carbonyl (C=O) groups excluding carboxylic acids is 3. The van der Waals surface area contributed by atoms with Crippen LogP contribution in [-0.4, -0.2) is 53.7 Å². The lowest BCUT2D eigenvalue weighted by molar-refractivity contribution is -0.138. The van der Waals surface area contributed by atoms with Gasteiger partial charge in [0, 0.05) is 7.05 Å².